The maximum Gasteiger partial charge on any atom is 0.270 e. The lowest BCUT2D eigenvalue weighted by Crippen LogP contribution is -2.55. The Balaban J connectivity index is 1.37. The Bertz CT molecular complexity index is 1380. The van der Waals surface area contributed by atoms with Gasteiger partial charge in [0.05, 0.1) is 0 Å². The van der Waals surface area contributed by atoms with E-state index in [1.54, 1.807) is 28.4 Å². The Morgan fingerprint density at radius 2 is 1.85 bits per heavy atom. The van der Waals surface area contributed by atoms with Crippen molar-refractivity contribution in [1.82, 2.24) is 14.4 Å². The minimum absolute atomic E-state index is 0.0262. The summed E-state index contributed by atoms with van der Waals surface area (Å²) in [5, 5.41) is 3.11. The van der Waals surface area contributed by atoms with Gasteiger partial charge in [-0.3, -0.25) is 9.59 Å². The molecule has 1 aliphatic rings. The number of carbonyl (C=O) groups is 2. The van der Waals surface area contributed by atoms with Crippen molar-refractivity contribution < 1.29 is 14.0 Å². The van der Waals surface area contributed by atoms with Gasteiger partial charge in [0.15, 0.2) is 0 Å². The summed E-state index contributed by atoms with van der Waals surface area (Å²) in [6.45, 7) is 5.93. The van der Waals surface area contributed by atoms with Gasteiger partial charge in [0.1, 0.15) is 16.3 Å². The molecule has 0 radical (unpaired) electrons. The highest BCUT2D eigenvalue weighted by Gasteiger charge is 2.32. The molecule has 0 N–H and O–H groups in total. The van der Waals surface area contributed by atoms with Crippen molar-refractivity contribution in [2.75, 3.05) is 19.6 Å². The van der Waals surface area contributed by atoms with Crippen LogP contribution in [0.4, 0.5) is 4.39 Å². The molecule has 0 aliphatic carbocycles. The van der Waals surface area contributed by atoms with Crippen molar-refractivity contribution in [3.8, 4) is 0 Å². The fourth-order valence-electron chi connectivity index (χ4n) is 4.66. The van der Waals surface area contributed by atoms with Crippen LogP contribution in [-0.2, 0) is 6.54 Å². The number of piperazine rings is 1. The second-order valence-electron chi connectivity index (χ2n) is 8.83. The molecule has 2 aromatic carbocycles. The summed E-state index contributed by atoms with van der Waals surface area (Å²) in [6, 6.07) is 17.8. The minimum atomic E-state index is -0.429. The van der Waals surface area contributed by atoms with Gasteiger partial charge in [-0.25, -0.2) is 4.39 Å². The molecule has 1 unspecified atom stereocenters. The van der Waals surface area contributed by atoms with Gasteiger partial charge in [0.2, 0.25) is 0 Å². The first kappa shape index (κ1) is 22.3. The SMILES string of the molecule is Cc1ccccc1Cn1c(C(=O)N2CCN(C(=O)c3cccc(F)c3)C(C)C2)cc2ccsc21. The molecule has 3 heterocycles. The lowest BCUT2D eigenvalue weighted by Gasteiger charge is -2.40. The van der Waals surface area contributed by atoms with Crippen molar-refractivity contribution in [3.63, 3.8) is 0 Å². The van der Waals surface area contributed by atoms with Gasteiger partial charge in [-0.2, -0.15) is 0 Å². The normalized spacial score (nSPS) is 16.3. The van der Waals surface area contributed by atoms with Gasteiger partial charge >= 0.3 is 0 Å². The predicted octanol–water partition coefficient (Wildman–Crippen LogP) is 5.19. The Morgan fingerprint density at radius 3 is 2.62 bits per heavy atom. The van der Waals surface area contributed by atoms with Crippen molar-refractivity contribution in [3.05, 3.63) is 94.2 Å². The first-order valence-corrected chi connectivity index (χ1v) is 12.3. The number of hydrogen-bond donors (Lipinski definition) is 0. The molecular formula is C27H26FN3O2S. The molecule has 1 atom stereocenters. The summed E-state index contributed by atoms with van der Waals surface area (Å²) in [4.78, 5) is 31.2. The average molecular weight is 476 g/mol. The summed E-state index contributed by atoms with van der Waals surface area (Å²) in [5.74, 6) is -0.661. The van der Waals surface area contributed by atoms with E-state index < -0.39 is 5.82 Å². The van der Waals surface area contributed by atoms with Crippen LogP contribution < -0.4 is 0 Å². The number of carbonyl (C=O) groups excluding carboxylic acids is 2. The molecule has 5 rings (SSSR count). The molecule has 1 aliphatic heterocycles. The number of benzene rings is 2. The molecule has 34 heavy (non-hydrogen) atoms. The summed E-state index contributed by atoms with van der Waals surface area (Å²) in [5.41, 5.74) is 3.37. The monoisotopic (exact) mass is 475 g/mol. The van der Waals surface area contributed by atoms with E-state index >= 15 is 0 Å². The molecule has 4 aromatic rings. The van der Waals surface area contributed by atoms with Crippen LogP contribution in [0.15, 0.2) is 66.0 Å². The van der Waals surface area contributed by atoms with Crippen LogP contribution in [0.3, 0.4) is 0 Å². The second-order valence-corrected chi connectivity index (χ2v) is 9.73. The van der Waals surface area contributed by atoms with Crippen LogP contribution in [0, 0.1) is 12.7 Å². The number of thiophene rings is 1. The zero-order valence-electron chi connectivity index (χ0n) is 19.2. The molecule has 1 fully saturated rings. The summed E-state index contributed by atoms with van der Waals surface area (Å²) in [7, 11) is 0. The third-order valence-corrected chi connectivity index (χ3v) is 7.51. The van der Waals surface area contributed by atoms with Gasteiger partial charge in [0, 0.05) is 43.2 Å². The number of nitrogens with zero attached hydrogens (tertiary/aromatic N) is 3. The van der Waals surface area contributed by atoms with Crippen LogP contribution in [0.25, 0.3) is 10.2 Å². The fraction of sp³-hybridized carbons (Fsp3) is 0.259. The van der Waals surface area contributed by atoms with E-state index in [1.165, 1.54) is 23.3 Å². The number of amides is 2. The lowest BCUT2D eigenvalue weighted by molar-refractivity contribution is 0.0409. The van der Waals surface area contributed by atoms with Crippen LogP contribution in [0.5, 0.6) is 0 Å². The van der Waals surface area contributed by atoms with Crippen LogP contribution in [0.2, 0.25) is 0 Å². The Hall–Kier alpha value is -3.45. The molecule has 0 spiro atoms. The lowest BCUT2D eigenvalue weighted by atomic mass is 10.1. The van der Waals surface area contributed by atoms with Crippen LogP contribution in [-0.4, -0.2) is 51.9 Å². The van der Waals surface area contributed by atoms with Gasteiger partial charge in [0.25, 0.3) is 11.8 Å². The highest BCUT2D eigenvalue weighted by molar-refractivity contribution is 7.16. The van der Waals surface area contributed by atoms with E-state index in [-0.39, 0.29) is 17.9 Å². The zero-order valence-corrected chi connectivity index (χ0v) is 20.0. The number of hydrogen-bond acceptors (Lipinski definition) is 3. The molecule has 2 amide bonds. The number of aromatic nitrogens is 1. The van der Waals surface area contributed by atoms with E-state index in [1.807, 2.05) is 41.5 Å². The Kier molecular flexibility index (Phi) is 5.96. The smallest absolute Gasteiger partial charge is 0.270 e. The first-order valence-electron chi connectivity index (χ1n) is 11.4. The standard InChI is InChI=1S/C27H26FN3O2S/c1-18-6-3-4-7-22(18)17-31-24(15-21-10-13-34-27(21)31)26(33)29-11-12-30(19(2)16-29)25(32)20-8-5-9-23(28)14-20/h3-10,13-15,19H,11-12,16-17H2,1-2H3. The maximum atomic E-state index is 13.7. The van der Waals surface area contributed by atoms with Crippen LogP contribution >= 0.6 is 11.3 Å². The van der Waals surface area contributed by atoms with E-state index in [9.17, 15) is 14.0 Å². The maximum absolute atomic E-state index is 13.7. The summed E-state index contributed by atoms with van der Waals surface area (Å²) < 4.78 is 15.7. The first-order chi connectivity index (χ1) is 16.4. The predicted molar refractivity (Wildman–Crippen MR) is 133 cm³/mol. The Morgan fingerprint density at radius 1 is 1.03 bits per heavy atom. The highest BCUT2D eigenvalue weighted by Crippen LogP contribution is 2.28. The van der Waals surface area contributed by atoms with Crippen LogP contribution in [0.1, 0.15) is 38.9 Å². The van der Waals surface area contributed by atoms with Gasteiger partial charge in [-0.15, -0.1) is 11.3 Å². The Labute approximate surface area is 202 Å². The highest BCUT2D eigenvalue weighted by atomic mass is 32.1. The topological polar surface area (TPSA) is 45.6 Å². The molecular weight excluding hydrogens is 449 g/mol. The summed E-state index contributed by atoms with van der Waals surface area (Å²) >= 11 is 1.64. The molecule has 2 aromatic heterocycles. The number of halogens is 1. The number of fused-ring (bicyclic) bond motifs is 1. The molecule has 1 saturated heterocycles. The van der Waals surface area contributed by atoms with Gasteiger partial charge in [-0.1, -0.05) is 30.3 Å². The van der Waals surface area contributed by atoms with Crippen molar-refractivity contribution in [1.29, 1.82) is 0 Å². The minimum Gasteiger partial charge on any atom is -0.334 e. The third-order valence-electron chi connectivity index (χ3n) is 6.56. The van der Waals surface area contributed by atoms with E-state index in [2.05, 4.69) is 23.6 Å². The third kappa shape index (κ3) is 4.12. The molecule has 0 saturated carbocycles. The second kappa shape index (κ2) is 9.06. The van der Waals surface area contributed by atoms with Crippen molar-refractivity contribution >= 4 is 33.4 Å². The van der Waals surface area contributed by atoms with Gasteiger partial charge in [-0.05, 0) is 60.7 Å². The van der Waals surface area contributed by atoms with Crippen molar-refractivity contribution in [2.24, 2.45) is 0 Å². The average Bonchev–Trinajstić information content (AvgIpc) is 3.42. The number of aryl methyl sites for hydroxylation is 1. The fourth-order valence-corrected chi connectivity index (χ4v) is 5.56. The van der Waals surface area contributed by atoms with E-state index in [0.29, 0.717) is 37.4 Å². The largest absolute Gasteiger partial charge is 0.334 e. The van der Waals surface area contributed by atoms with E-state index in [0.717, 1.165) is 10.2 Å². The van der Waals surface area contributed by atoms with E-state index in [4.69, 9.17) is 0 Å². The van der Waals surface area contributed by atoms with Crippen molar-refractivity contribution in [2.45, 2.75) is 26.4 Å². The molecule has 7 heteroatoms. The molecule has 5 nitrogen and oxygen atoms in total. The zero-order chi connectivity index (χ0) is 23.8. The quantitative estimate of drug-likeness (QED) is 0.408. The molecule has 0 bridgehead atoms. The number of rotatable bonds is 4. The van der Waals surface area contributed by atoms with Gasteiger partial charge < -0.3 is 14.4 Å². The molecule has 174 valence electrons. The summed E-state index contributed by atoms with van der Waals surface area (Å²) in [6.07, 6.45) is 0.